The summed E-state index contributed by atoms with van der Waals surface area (Å²) in [5.74, 6) is -0.809. The fraction of sp³-hybridized carbons (Fsp3) is 0.0909. The summed E-state index contributed by atoms with van der Waals surface area (Å²) >= 11 is 2.75. The standard InChI is InChI=1S/C11H6F3IN2OS/c12-11(13,14)9-8(19-5-16-9)10(18)17-7-3-1-6(15)2-4-7/h1-5H,(H,17,18). The number of anilines is 1. The molecule has 0 aliphatic rings. The summed E-state index contributed by atoms with van der Waals surface area (Å²) in [6.07, 6.45) is -4.63. The molecule has 0 atom stereocenters. The lowest BCUT2D eigenvalue weighted by Crippen LogP contribution is -2.17. The zero-order valence-corrected chi connectivity index (χ0v) is 12.1. The van der Waals surface area contributed by atoms with E-state index in [9.17, 15) is 18.0 Å². The first kappa shape index (κ1) is 14.3. The van der Waals surface area contributed by atoms with Gasteiger partial charge in [0.2, 0.25) is 0 Å². The lowest BCUT2D eigenvalue weighted by molar-refractivity contribution is -0.141. The van der Waals surface area contributed by atoms with Gasteiger partial charge >= 0.3 is 6.18 Å². The highest BCUT2D eigenvalue weighted by atomic mass is 127. The smallest absolute Gasteiger partial charge is 0.321 e. The second-order valence-corrected chi connectivity index (χ2v) is 5.59. The van der Waals surface area contributed by atoms with Crippen molar-refractivity contribution in [2.24, 2.45) is 0 Å². The molecule has 19 heavy (non-hydrogen) atoms. The molecule has 1 aromatic heterocycles. The highest BCUT2D eigenvalue weighted by Crippen LogP contribution is 2.32. The van der Waals surface area contributed by atoms with E-state index in [2.05, 4.69) is 32.9 Å². The molecule has 0 radical (unpaired) electrons. The third kappa shape index (κ3) is 3.44. The Kier molecular flexibility index (Phi) is 4.09. The minimum atomic E-state index is -4.63. The van der Waals surface area contributed by atoms with Crippen molar-refractivity contribution >= 4 is 45.5 Å². The maximum absolute atomic E-state index is 12.6. The largest absolute Gasteiger partial charge is 0.434 e. The van der Waals surface area contributed by atoms with E-state index in [0.717, 1.165) is 9.08 Å². The third-order valence-corrected chi connectivity index (χ3v) is 3.69. The first-order valence-corrected chi connectivity index (χ1v) is 6.91. The monoisotopic (exact) mass is 398 g/mol. The van der Waals surface area contributed by atoms with Gasteiger partial charge in [0.05, 0.1) is 5.51 Å². The number of carbonyl (C=O) groups excluding carboxylic acids is 1. The number of benzene rings is 1. The second kappa shape index (κ2) is 5.45. The molecule has 0 fully saturated rings. The lowest BCUT2D eigenvalue weighted by Gasteiger charge is -2.07. The van der Waals surface area contributed by atoms with Gasteiger partial charge in [-0.3, -0.25) is 4.79 Å². The van der Waals surface area contributed by atoms with E-state index in [1.807, 2.05) is 0 Å². The van der Waals surface area contributed by atoms with Crippen LogP contribution in [0.4, 0.5) is 18.9 Å². The number of nitrogens with one attached hydrogen (secondary N) is 1. The molecular weight excluding hydrogens is 392 g/mol. The fourth-order valence-corrected chi connectivity index (χ4v) is 2.39. The maximum atomic E-state index is 12.6. The molecule has 1 amide bonds. The van der Waals surface area contributed by atoms with Crippen LogP contribution >= 0.6 is 33.9 Å². The van der Waals surface area contributed by atoms with Gasteiger partial charge in [-0.25, -0.2) is 4.98 Å². The van der Waals surface area contributed by atoms with E-state index in [1.54, 1.807) is 24.3 Å². The van der Waals surface area contributed by atoms with Crippen molar-refractivity contribution in [3.63, 3.8) is 0 Å². The van der Waals surface area contributed by atoms with E-state index in [-0.39, 0.29) is 0 Å². The first-order chi connectivity index (χ1) is 8.88. The quantitative estimate of drug-likeness (QED) is 0.777. The number of nitrogens with zero attached hydrogens (tertiary/aromatic N) is 1. The summed E-state index contributed by atoms with van der Waals surface area (Å²) in [7, 11) is 0. The number of aromatic nitrogens is 1. The minimum absolute atomic E-state index is 0.437. The van der Waals surface area contributed by atoms with Crippen molar-refractivity contribution in [1.29, 1.82) is 0 Å². The Labute approximate surface area is 124 Å². The summed E-state index contributed by atoms with van der Waals surface area (Å²) in [5, 5.41) is 2.41. The van der Waals surface area contributed by atoms with E-state index >= 15 is 0 Å². The van der Waals surface area contributed by atoms with Crippen LogP contribution < -0.4 is 5.32 Å². The molecular formula is C11H6F3IN2OS. The Bertz CT molecular complexity index is 595. The van der Waals surface area contributed by atoms with Crippen LogP contribution in [0.1, 0.15) is 15.4 Å². The Balaban J connectivity index is 2.21. The fourth-order valence-electron chi connectivity index (χ4n) is 1.33. The van der Waals surface area contributed by atoms with Crippen molar-refractivity contribution < 1.29 is 18.0 Å². The average molecular weight is 398 g/mol. The summed E-state index contributed by atoms with van der Waals surface area (Å²) in [4.78, 5) is 14.5. The van der Waals surface area contributed by atoms with E-state index in [4.69, 9.17) is 0 Å². The van der Waals surface area contributed by atoms with Crippen LogP contribution in [0.25, 0.3) is 0 Å². The van der Waals surface area contributed by atoms with E-state index in [0.29, 0.717) is 17.0 Å². The number of hydrogen-bond donors (Lipinski definition) is 1. The van der Waals surface area contributed by atoms with Gasteiger partial charge < -0.3 is 5.32 Å². The Morgan fingerprint density at radius 1 is 1.26 bits per heavy atom. The van der Waals surface area contributed by atoms with Crippen LogP contribution in [0.15, 0.2) is 29.8 Å². The molecule has 2 rings (SSSR count). The number of alkyl halides is 3. The van der Waals surface area contributed by atoms with Gasteiger partial charge in [-0.2, -0.15) is 13.2 Å². The Morgan fingerprint density at radius 3 is 2.47 bits per heavy atom. The minimum Gasteiger partial charge on any atom is -0.321 e. The maximum Gasteiger partial charge on any atom is 0.434 e. The molecule has 0 saturated carbocycles. The second-order valence-electron chi connectivity index (χ2n) is 3.49. The first-order valence-electron chi connectivity index (χ1n) is 4.95. The number of hydrogen-bond acceptors (Lipinski definition) is 3. The topological polar surface area (TPSA) is 42.0 Å². The molecule has 100 valence electrons. The average Bonchev–Trinajstić information content (AvgIpc) is 2.81. The Morgan fingerprint density at radius 2 is 1.89 bits per heavy atom. The summed E-state index contributed by atoms with van der Waals surface area (Å²) in [6.45, 7) is 0. The molecule has 1 heterocycles. The van der Waals surface area contributed by atoms with Crippen molar-refractivity contribution in [3.8, 4) is 0 Å². The summed E-state index contributed by atoms with van der Waals surface area (Å²) in [5.41, 5.74) is 0.290. The van der Waals surface area contributed by atoms with Crippen molar-refractivity contribution in [3.05, 3.63) is 43.9 Å². The SMILES string of the molecule is O=C(Nc1ccc(I)cc1)c1scnc1C(F)(F)F. The molecule has 0 aliphatic carbocycles. The number of carbonyl (C=O) groups is 1. The normalized spacial score (nSPS) is 11.4. The zero-order valence-electron chi connectivity index (χ0n) is 9.16. The highest BCUT2D eigenvalue weighted by molar-refractivity contribution is 14.1. The number of rotatable bonds is 2. The molecule has 0 unspecified atom stereocenters. The van der Waals surface area contributed by atoms with Crippen molar-refractivity contribution in [1.82, 2.24) is 4.98 Å². The number of amides is 1. The molecule has 0 aliphatic heterocycles. The molecule has 1 N–H and O–H groups in total. The van der Waals surface area contributed by atoms with Gasteiger partial charge in [-0.1, -0.05) is 0 Å². The van der Waals surface area contributed by atoms with Crippen LogP contribution in [0, 0.1) is 3.57 Å². The lowest BCUT2D eigenvalue weighted by atomic mass is 10.3. The van der Waals surface area contributed by atoms with Crippen LogP contribution in [-0.4, -0.2) is 10.9 Å². The molecule has 0 saturated heterocycles. The van der Waals surface area contributed by atoms with Gasteiger partial charge in [-0.05, 0) is 46.9 Å². The zero-order chi connectivity index (χ0) is 14.0. The van der Waals surface area contributed by atoms with Gasteiger partial charge in [0, 0.05) is 9.26 Å². The third-order valence-electron chi connectivity index (χ3n) is 2.14. The van der Waals surface area contributed by atoms with Crippen LogP contribution in [-0.2, 0) is 6.18 Å². The van der Waals surface area contributed by atoms with Crippen molar-refractivity contribution in [2.45, 2.75) is 6.18 Å². The Hall–Kier alpha value is -1.16. The summed E-state index contributed by atoms with van der Waals surface area (Å²) in [6, 6.07) is 6.73. The van der Waals surface area contributed by atoms with Crippen LogP contribution in [0.3, 0.4) is 0 Å². The van der Waals surface area contributed by atoms with Gasteiger partial charge in [0.15, 0.2) is 5.69 Å². The van der Waals surface area contributed by atoms with Gasteiger partial charge in [0.25, 0.3) is 5.91 Å². The summed E-state index contributed by atoms with van der Waals surface area (Å²) < 4.78 is 38.8. The molecule has 8 heteroatoms. The molecule has 2 aromatic rings. The van der Waals surface area contributed by atoms with E-state index in [1.165, 1.54) is 0 Å². The van der Waals surface area contributed by atoms with Gasteiger partial charge in [0.1, 0.15) is 4.88 Å². The van der Waals surface area contributed by atoms with Gasteiger partial charge in [-0.15, -0.1) is 11.3 Å². The molecule has 0 spiro atoms. The van der Waals surface area contributed by atoms with Crippen molar-refractivity contribution in [2.75, 3.05) is 5.32 Å². The number of halogens is 4. The molecule has 3 nitrogen and oxygen atoms in total. The molecule has 0 bridgehead atoms. The van der Waals surface area contributed by atoms with Crippen LogP contribution in [0.5, 0.6) is 0 Å². The van der Waals surface area contributed by atoms with E-state index < -0.39 is 22.7 Å². The number of thiazole rings is 1. The van der Waals surface area contributed by atoms with Crippen LogP contribution in [0.2, 0.25) is 0 Å². The molecule has 1 aromatic carbocycles. The predicted molar refractivity (Wildman–Crippen MR) is 74.2 cm³/mol. The predicted octanol–water partition coefficient (Wildman–Crippen LogP) is 4.02. The highest BCUT2D eigenvalue weighted by Gasteiger charge is 2.38.